The molecule has 1 saturated heterocycles. The number of ether oxygens (including phenoxy) is 3. The fraction of sp³-hybridized carbons (Fsp3) is 0.650. The van der Waals surface area contributed by atoms with E-state index < -0.39 is 11.1 Å². The Labute approximate surface area is 165 Å². The second-order valence-corrected chi connectivity index (χ2v) is 8.71. The molecule has 8 nitrogen and oxygen atoms in total. The number of rotatable bonds is 4. The van der Waals surface area contributed by atoms with E-state index in [4.69, 9.17) is 14.2 Å². The summed E-state index contributed by atoms with van der Waals surface area (Å²) in [5.41, 5.74) is 0.233. The normalized spacial score (nSPS) is 24.3. The van der Waals surface area contributed by atoms with Gasteiger partial charge in [0.05, 0.1) is 13.1 Å². The monoisotopic (exact) mass is 387 g/mol. The van der Waals surface area contributed by atoms with Gasteiger partial charge in [0, 0.05) is 36.1 Å². The third kappa shape index (κ3) is 3.71. The summed E-state index contributed by atoms with van der Waals surface area (Å²) in [6.07, 6.45) is 1.19. The van der Waals surface area contributed by atoms with Crippen LogP contribution in [0, 0.1) is 0 Å². The third-order valence-electron chi connectivity index (χ3n) is 5.26. The van der Waals surface area contributed by atoms with Gasteiger partial charge in [0.25, 0.3) is 0 Å². The highest BCUT2D eigenvalue weighted by molar-refractivity contribution is 5.97. The molecule has 1 fully saturated rings. The summed E-state index contributed by atoms with van der Waals surface area (Å²) in [4.78, 5) is 13.3. The second kappa shape index (κ2) is 7.00. The molecule has 0 N–H and O–H groups in total. The van der Waals surface area contributed by atoms with E-state index in [0.717, 1.165) is 0 Å². The smallest absolute Gasteiger partial charge is 0.235 e. The van der Waals surface area contributed by atoms with Crippen LogP contribution in [0.2, 0.25) is 0 Å². The molecule has 0 unspecified atom stereocenters. The lowest BCUT2D eigenvalue weighted by molar-refractivity contribution is -0.296. The molecule has 0 atom stereocenters. The zero-order valence-electron chi connectivity index (χ0n) is 16.9. The van der Waals surface area contributed by atoms with Crippen molar-refractivity contribution >= 4 is 11.8 Å². The fourth-order valence-corrected chi connectivity index (χ4v) is 4.22. The Balaban J connectivity index is 1.63. The quantitative estimate of drug-likeness (QED) is 0.791. The first-order valence-electron chi connectivity index (χ1n) is 9.76. The van der Waals surface area contributed by atoms with Crippen LogP contribution in [0.3, 0.4) is 0 Å². The lowest BCUT2D eigenvalue weighted by Gasteiger charge is -2.49. The largest absolute Gasteiger partial charge is 0.490 e. The van der Waals surface area contributed by atoms with Crippen LogP contribution in [-0.2, 0) is 14.7 Å². The highest BCUT2D eigenvalue weighted by atomic mass is 16.5. The topological polar surface area (TPSA) is 88.4 Å². The van der Waals surface area contributed by atoms with E-state index in [-0.39, 0.29) is 6.10 Å². The number of hydrogen-bond acceptors (Lipinski definition) is 7. The molecule has 1 aromatic heterocycles. The summed E-state index contributed by atoms with van der Waals surface area (Å²) in [6, 6.07) is 3.68. The van der Waals surface area contributed by atoms with Gasteiger partial charge in [0.1, 0.15) is 36.5 Å². The van der Waals surface area contributed by atoms with Gasteiger partial charge in [-0.15, -0.1) is 10.3 Å². The Morgan fingerprint density at radius 2 is 1.46 bits per heavy atom. The summed E-state index contributed by atoms with van der Waals surface area (Å²) in [7, 11) is 0. The van der Waals surface area contributed by atoms with Crippen molar-refractivity contribution < 1.29 is 19.4 Å². The van der Waals surface area contributed by atoms with E-state index >= 15 is 0 Å². The van der Waals surface area contributed by atoms with Gasteiger partial charge in [-0.1, -0.05) is 0 Å². The van der Waals surface area contributed by atoms with E-state index in [1.165, 1.54) is 5.06 Å². The van der Waals surface area contributed by atoms with Crippen molar-refractivity contribution in [2.75, 3.05) is 26.3 Å². The highest BCUT2D eigenvalue weighted by Crippen LogP contribution is 2.38. The lowest BCUT2D eigenvalue weighted by atomic mass is 9.80. The molecule has 1 aromatic rings. The number of hydroxylamine groups is 2. The Morgan fingerprint density at radius 3 is 1.89 bits per heavy atom. The van der Waals surface area contributed by atoms with Crippen LogP contribution in [0.5, 0.6) is 5.75 Å². The predicted molar refractivity (Wildman–Crippen MR) is 103 cm³/mol. The van der Waals surface area contributed by atoms with Crippen molar-refractivity contribution in [1.82, 2.24) is 10.0 Å². The molecule has 8 heteroatoms. The van der Waals surface area contributed by atoms with E-state index in [9.17, 15) is 5.21 Å². The molecule has 0 aromatic carbocycles. The Hall–Kier alpha value is -2.19. The molecule has 0 amide bonds. The van der Waals surface area contributed by atoms with Gasteiger partial charge in [-0.3, -0.25) is 0 Å². The van der Waals surface area contributed by atoms with Crippen molar-refractivity contribution in [3.8, 4) is 5.75 Å². The zero-order valence-corrected chi connectivity index (χ0v) is 16.9. The molecule has 0 spiro atoms. The van der Waals surface area contributed by atoms with Crippen LogP contribution in [0.15, 0.2) is 22.1 Å². The van der Waals surface area contributed by atoms with Gasteiger partial charge in [0.15, 0.2) is 0 Å². The average Bonchev–Trinajstić information content (AvgIpc) is 3.32. The SMILES string of the molecule is CC1(C)CC(Oc2cc(C3=NCCO3)nc(C3=NCCO3)c2)CC(C)(C)N1[O]. The standard InChI is InChI=1S/C20H27N4O4/c1-19(2)11-14(12-20(3,4)24(19)25)28-13-9-15(17-21-5-7-26-17)23-16(10-13)18-22-6-8-27-18/h9-10,14H,5-8,11-12H2,1-4H3. The highest BCUT2D eigenvalue weighted by Gasteiger charge is 2.47. The van der Waals surface area contributed by atoms with Gasteiger partial charge in [-0.05, 0) is 27.7 Å². The third-order valence-corrected chi connectivity index (χ3v) is 5.26. The molecule has 4 heterocycles. The predicted octanol–water partition coefficient (Wildman–Crippen LogP) is 2.38. The molecule has 0 bridgehead atoms. The van der Waals surface area contributed by atoms with E-state index in [0.29, 0.717) is 68.1 Å². The van der Waals surface area contributed by atoms with Crippen molar-refractivity contribution in [1.29, 1.82) is 0 Å². The number of piperidine rings is 1. The van der Waals surface area contributed by atoms with Gasteiger partial charge in [-0.2, -0.15) is 0 Å². The molecule has 0 saturated carbocycles. The first kappa shape index (κ1) is 19.1. The molecule has 4 rings (SSSR count). The zero-order chi connectivity index (χ0) is 19.9. The summed E-state index contributed by atoms with van der Waals surface area (Å²) >= 11 is 0. The molecule has 3 aliphatic heterocycles. The molecule has 1 radical (unpaired) electrons. The minimum absolute atomic E-state index is 0.0869. The molecule has 0 aliphatic carbocycles. The molecule has 151 valence electrons. The minimum atomic E-state index is -0.498. The maximum absolute atomic E-state index is 12.6. The first-order valence-corrected chi connectivity index (χ1v) is 9.76. The van der Waals surface area contributed by atoms with Crippen LogP contribution >= 0.6 is 0 Å². The van der Waals surface area contributed by atoms with Crippen molar-refractivity contribution in [2.45, 2.75) is 57.7 Å². The number of pyridine rings is 1. The van der Waals surface area contributed by atoms with Crippen LogP contribution in [0.4, 0.5) is 0 Å². The number of hydrogen-bond donors (Lipinski definition) is 0. The molecule has 3 aliphatic rings. The van der Waals surface area contributed by atoms with Crippen molar-refractivity contribution in [3.05, 3.63) is 23.5 Å². The number of aliphatic imine (C=N–C) groups is 2. The van der Waals surface area contributed by atoms with Crippen molar-refractivity contribution in [2.24, 2.45) is 9.98 Å². The Morgan fingerprint density at radius 1 is 0.964 bits per heavy atom. The van der Waals surface area contributed by atoms with Crippen molar-refractivity contribution in [3.63, 3.8) is 0 Å². The Kier molecular flexibility index (Phi) is 4.79. The molecular formula is C20H27N4O4. The van der Waals surface area contributed by atoms with E-state index in [2.05, 4.69) is 15.0 Å². The second-order valence-electron chi connectivity index (χ2n) is 8.71. The van der Waals surface area contributed by atoms with Crippen LogP contribution in [-0.4, -0.2) is 65.3 Å². The van der Waals surface area contributed by atoms with Gasteiger partial charge in [0.2, 0.25) is 11.8 Å². The van der Waals surface area contributed by atoms with Gasteiger partial charge < -0.3 is 14.2 Å². The van der Waals surface area contributed by atoms with Gasteiger partial charge >= 0.3 is 0 Å². The number of aromatic nitrogens is 1. The summed E-state index contributed by atoms with van der Waals surface area (Å²) < 4.78 is 17.5. The van der Waals surface area contributed by atoms with Crippen LogP contribution in [0.1, 0.15) is 51.9 Å². The summed E-state index contributed by atoms with van der Waals surface area (Å²) in [5.74, 6) is 1.69. The summed E-state index contributed by atoms with van der Waals surface area (Å²) in [5, 5.41) is 13.8. The first-order chi connectivity index (χ1) is 13.2. The lowest BCUT2D eigenvalue weighted by Crippen LogP contribution is -2.60. The molecular weight excluding hydrogens is 360 g/mol. The van der Waals surface area contributed by atoms with E-state index in [1.54, 1.807) is 0 Å². The van der Waals surface area contributed by atoms with Crippen LogP contribution < -0.4 is 4.74 Å². The average molecular weight is 387 g/mol. The minimum Gasteiger partial charge on any atom is -0.490 e. The van der Waals surface area contributed by atoms with Crippen LogP contribution in [0.25, 0.3) is 0 Å². The van der Waals surface area contributed by atoms with E-state index in [1.807, 2.05) is 39.8 Å². The maximum atomic E-state index is 12.6. The number of nitrogens with zero attached hydrogens (tertiary/aromatic N) is 4. The molecule has 28 heavy (non-hydrogen) atoms. The Bertz CT molecular complexity index is 758. The fourth-order valence-electron chi connectivity index (χ4n) is 4.22. The summed E-state index contributed by atoms with van der Waals surface area (Å²) in [6.45, 7) is 10.2. The van der Waals surface area contributed by atoms with Gasteiger partial charge in [-0.25, -0.2) is 15.0 Å². The maximum Gasteiger partial charge on any atom is 0.235 e.